The van der Waals surface area contributed by atoms with Crippen molar-refractivity contribution in [1.82, 2.24) is 9.80 Å². The van der Waals surface area contributed by atoms with Crippen molar-refractivity contribution in [2.24, 2.45) is 17.8 Å². The van der Waals surface area contributed by atoms with Gasteiger partial charge in [-0.1, -0.05) is 0 Å². The molecule has 0 aromatic rings. The Hall–Kier alpha value is -0.0800. The van der Waals surface area contributed by atoms with Crippen molar-refractivity contribution in [3.63, 3.8) is 0 Å². The van der Waals surface area contributed by atoms with Crippen molar-refractivity contribution in [2.75, 3.05) is 26.7 Å². The molecule has 2 saturated heterocycles. The standard InChI is InChI=1S/C15H26N2/c1-16-5-4-13-6-12(8-15(13)16)10-17-9-11-2-3-14(17)7-11/h11-15H,2-10H2,1H3. The van der Waals surface area contributed by atoms with E-state index < -0.39 is 0 Å². The van der Waals surface area contributed by atoms with E-state index in [1.165, 1.54) is 58.2 Å². The molecule has 2 bridgehead atoms. The number of fused-ring (bicyclic) bond motifs is 3. The molecule has 0 aromatic carbocycles. The first-order chi connectivity index (χ1) is 8.29. The molecule has 96 valence electrons. The highest BCUT2D eigenvalue weighted by atomic mass is 15.2. The molecule has 0 aromatic heterocycles. The molecule has 2 aliphatic carbocycles. The van der Waals surface area contributed by atoms with Gasteiger partial charge in [0.2, 0.25) is 0 Å². The molecule has 4 rings (SSSR count). The topological polar surface area (TPSA) is 6.48 Å². The summed E-state index contributed by atoms with van der Waals surface area (Å²) >= 11 is 0. The highest BCUT2D eigenvalue weighted by Gasteiger charge is 2.43. The average Bonchev–Trinajstić information content (AvgIpc) is 3.02. The van der Waals surface area contributed by atoms with Gasteiger partial charge < -0.3 is 4.90 Å². The Morgan fingerprint density at radius 2 is 2.00 bits per heavy atom. The number of nitrogens with zero attached hydrogens (tertiary/aromatic N) is 2. The van der Waals surface area contributed by atoms with E-state index >= 15 is 0 Å². The lowest BCUT2D eigenvalue weighted by Crippen LogP contribution is -2.36. The zero-order valence-electron chi connectivity index (χ0n) is 11.1. The van der Waals surface area contributed by atoms with Gasteiger partial charge in [-0.3, -0.25) is 4.90 Å². The molecule has 5 unspecified atom stereocenters. The van der Waals surface area contributed by atoms with Crippen LogP contribution in [0, 0.1) is 17.8 Å². The molecule has 0 radical (unpaired) electrons. The normalized spacial score (nSPS) is 50.3. The first kappa shape index (κ1) is 10.8. The van der Waals surface area contributed by atoms with Crippen LogP contribution in [-0.4, -0.2) is 48.6 Å². The minimum absolute atomic E-state index is 0.944. The Kier molecular flexibility index (Phi) is 2.52. The van der Waals surface area contributed by atoms with Gasteiger partial charge in [0.1, 0.15) is 0 Å². The summed E-state index contributed by atoms with van der Waals surface area (Å²) in [6, 6.07) is 1.93. The fourth-order valence-electron chi connectivity index (χ4n) is 5.33. The smallest absolute Gasteiger partial charge is 0.0124 e. The Labute approximate surface area is 105 Å². The van der Waals surface area contributed by atoms with E-state index in [0.717, 1.165) is 29.8 Å². The molecule has 4 aliphatic rings. The third kappa shape index (κ3) is 1.76. The SMILES string of the molecule is CN1CCC2CC(CN3CC4CCC3C4)CC21. The number of rotatable bonds is 2. The molecule has 0 spiro atoms. The monoisotopic (exact) mass is 234 g/mol. The lowest BCUT2D eigenvalue weighted by Gasteiger charge is -2.29. The van der Waals surface area contributed by atoms with Gasteiger partial charge in [-0.2, -0.15) is 0 Å². The van der Waals surface area contributed by atoms with E-state index in [-0.39, 0.29) is 0 Å². The maximum atomic E-state index is 2.85. The minimum Gasteiger partial charge on any atom is -0.303 e. The van der Waals surface area contributed by atoms with Crippen LogP contribution in [0.25, 0.3) is 0 Å². The van der Waals surface area contributed by atoms with Gasteiger partial charge in [-0.25, -0.2) is 0 Å². The molecule has 17 heavy (non-hydrogen) atoms. The number of hydrogen-bond acceptors (Lipinski definition) is 2. The molecule has 0 N–H and O–H groups in total. The summed E-state index contributed by atoms with van der Waals surface area (Å²) in [5.41, 5.74) is 0. The van der Waals surface area contributed by atoms with Crippen LogP contribution in [0.3, 0.4) is 0 Å². The number of piperidine rings is 1. The molecule has 5 atom stereocenters. The number of hydrogen-bond donors (Lipinski definition) is 0. The second kappa shape index (κ2) is 3.96. The van der Waals surface area contributed by atoms with Gasteiger partial charge in [0.05, 0.1) is 0 Å². The van der Waals surface area contributed by atoms with Crippen LogP contribution in [0.4, 0.5) is 0 Å². The second-order valence-corrected chi connectivity index (χ2v) is 7.22. The van der Waals surface area contributed by atoms with Gasteiger partial charge in [0, 0.05) is 25.2 Å². The van der Waals surface area contributed by atoms with Gasteiger partial charge in [-0.15, -0.1) is 0 Å². The first-order valence-corrected chi connectivity index (χ1v) is 7.74. The summed E-state index contributed by atoms with van der Waals surface area (Å²) in [6.45, 7) is 4.23. The third-order valence-electron chi connectivity index (χ3n) is 6.19. The summed E-state index contributed by atoms with van der Waals surface area (Å²) < 4.78 is 0. The summed E-state index contributed by atoms with van der Waals surface area (Å²) in [5.74, 6) is 3.14. The molecule has 2 heteroatoms. The van der Waals surface area contributed by atoms with Gasteiger partial charge in [0.25, 0.3) is 0 Å². The van der Waals surface area contributed by atoms with Gasteiger partial charge >= 0.3 is 0 Å². The quantitative estimate of drug-likeness (QED) is 0.723. The van der Waals surface area contributed by atoms with Crippen LogP contribution in [0.5, 0.6) is 0 Å². The van der Waals surface area contributed by atoms with Crippen LogP contribution in [0.15, 0.2) is 0 Å². The van der Waals surface area contributed by atoms with Crippen LogP contribution in [0.2, 0.25) is 0 Å². The highest BCUT2D eigenvalue weighted by Crippen LogP contribution is 2.43. The van der Waals surface area contributed by atoms with Crippen LogP contribution in [-0.2, 0) is 0 Å². The van der Waals surface area contributed by atoms with Crippen LogP contribution in [0.1, 0.15) is 38.5 Å². The molecule has 2 heterocycles. The fourth-order valence-corrected chi connectivity index (χ4v) is 5.33. The molecule has 2 nitrogen and oxygen atoms in total. The molecule has 4 fully saturated rings. The minimum atomic E-state index is 0.944. The van der Waals surface area contributed by atoms with E-state index in [4.69, 9.17) is 0 Å². The lowest BCUT2D eigenvalue weighted by molar-refractivity contribution is 0.175. The maximum absolute atomic E-state index is 2.85. The van der Waals surface area contributed by atoms with E-state index in [1.54, 1.807) is 0 Å². The Bertz CT molecular complexity index is 303. The lowest BCUT2D eigenvalue weighted by atomic mass is 10.0. The van der Waals surface area contributed by atoms with Crippen molar-refractivity contribution in [3.05, 3.63) is 0 Å². The van der Waals surface area contributed by atoms with Gasteiger partial charge in [0.15, 0.2) is 0 Å². The van der Waals surface area contributed by atoms with E-state index in [0.29, 0.717) is 0 Å². The zero-order chi connectivity index (χ0) is 11.4. The van der Waals surface area contributed by atoms with Crippen molar-refractivity contribution in [3.8, 4) is 0 Å². The van der Waals surface area contributed by atoms with Crippen molar-refractivity contribution in [2.45, 2.75) is 50.6 Å². The van der Waals surface area contributed by atoms with Crippen molar-refractivity contribution in [1.29, 1.82) is 0 Å². The van der Waals surface area contributed by atoms with Crippen LogP contribution >= 0.6 is 0 Å². The highest BCUT2D eigenvalue weighted by molar-refractivity contribution is 4.98. The average molecular weight is 234 g/mol. The molecule has 2 saturated carbocycles. The summed E-state index contributed by atoms with van der Waals surface area (Å²) in [6.07, 6.45) is 9.06. The third-order valence-corrected chi connectivity index (χ3v) is 6.19. The molecule has 2 aliphatic heterocycles. The molecular formula is C15H26N2. The first-order valence-electron chi connectivity index (χ1n) is 7.74. The van der Waals surface area contributed by atoms with Crippen molar-refractivity contribution >= 4 is 0 Å². The zero-order valence-corrected chi connectivity index (χ0v) is 11.1. The predicted octanol–water partition coefficient (Wildman–Crippen LogP) is 2.20. The Balaban J connectivity index is 1.36. The van der Waals surface area contributed by atoms with Crippen LogP contribution < -0.4 is 0 Å². The maximum Gasteiger partial charge on any atom is 0.0124 e. The van der Waals surface area contributed by atoms with E-state index in [2.05, 4.69) is 16.8 Å². The number of likely N-dealkylation sites (tertiary alicyclic amines) is 2. The predicted molar refractivity (Wildman–Crippen MR) is 70.0 cm³/mol. The van der Waals surface area contributed by atoms with Gasteiger partial charge in [-0.05, 0) is 69.9 Å². The van der Waals surface area contributed by atoms with Crippen molar-refractivity contribution < 1.29 is 0 Å². The second-order valence-electron chi connectivity index (χ2n) is 7.22. The fraction of sp³-hybridized carbons (Fsp3) is 1.00. The Morgan fingerprint density at radius 1 is 1.06 bits per heavy atom. The summed E-state index contributed by atoms with van der Waals surface area (Å²) in [7, 11) is 2.34. The Morgan fingerprint density at radius 3 is 2.71 bits per heavy atom. The molecular weight excluding hydrogens is 208 g/mol. The van der Waals surface area contributed by atoms with E-state index in [1.807, 2.05) is 0 Å². The summed E-state index contributed by atoms with van der Waals surface area (Å²) in [4.78, 5) is 5.47. The van der Waals surface area contributed by atoms with E-state index in [9.17, 15) is 0 Å². The largest absolute Gasteiger partial charge is 0.303 e. The molecule has 0 amide bonds. The summed E-state index contributed by atoms with van der Waals surface area (Å²) in [5, 5.41) is 0.